The van der Waals surface area contributed by atoms with Crippen molar-refractivity contribution in [3.63, 3.8) is 0 Å². The molecule has 0 aromatic carbocycles. The highest BCUT2D eigenvalue weighted by molar-refractivity contribution is 7.47. The zero-order chi connectivity index (χ0) is 39.3. The summed E-state index contributed by atoms with van der Waals surface area (Å²) in [7, 11) is 1.43. The van der Waals surface area contributed by atoms with E-state index in [1.807, 2.05) is 33.3 Å². The lowest BCUT2D eigenvalue weighted by molar-refractivity contribution is -0.870. The lowest BCUT2D eigenvalue weighted by Gasteiger charge is -2.24. The fraction of sp³-hybridized carbons (Fsp3) is 0.674. The molecule has 0 heterocycles. The average Bonchev–Trinajstić information content (AvgIpc) is 3.10. The number of hydrogen-bond donors (Lipinski definition) is 1. The van der Waals surface area contributed by atoms with Crippen molar-refractivity contribution in [2.45, 2.75) is 142 Å². The lowest BCUT2D eigenvalue weighted by atomic mass is 10.1. The predicted octanol–water partition coefficient (Wildman–Crippen LogP) is 11.1. The monoisotopic (exact) mass is 765 g/mol. The van der Waals surface area contributed by atoms with Gasteiger partial charge in [0.25, 0.3) is 0 Å². The summed E-state index contributed by atoms with van der Waals surface area (Å²) >= 11 is 0. The summed E-state index contributed by atoms with van der Waals surface area (Å²) in [6, 6.07) is 0. The Hall–Kier alpha value is -2.55. The SMILES string of the molecule is CC/C=C/C/C=C/C/C=C/C/C=C/C/C=C/C/C=C/CCC(=O)OC[C@@H](COP(=O)(O)OCC[N+](C)(C)C)OC(=O)CCCCCCCCCCCC. The van der Waals surface area contributed by atoms with Crippen LogP contribution in [-0.4, -0.2) is 74.9 Å². The Morgan fingerprint density at radius 3 is 1.57 bits per heavy atom. The van der Waals surface area contributed by atoms with Gasteiger partial charge in [-0.05, 0) is 51.4 Å². The van der Waals surface area contributed by atoms with E-state index in [2.05, 4.69) is 74.6 Å². The van der Waals surface area contributed by atoms with Crippen molar-refractivity contribution in [3.05, 3.63) is 72.9 Å². The van der Waals surface area contributed by atoms with Gasteiger partial charge < -0.3 is 18.9 Å². The van der Waals surface area contributed by atoms with E-state index in [4.69, 9.17) is 18.5 Å². The van der Waals surface area contributed by atoms with Crippen molar-refractivity contribution < 1.29 is 42.1 Å². The molecule has 0 fully saturated rings. The second-order valence-corrected chi connectivity index (χ2v) is 15.7. The Bertz CT molecular complexity index is 1140. The molecular weight excluding hydrogens is 689 g/mol. The predicted molar refractivity (Wildman–Crippen MR) is 219 cm³/mol. The molecule has 1 N–H and O–H groups in total. The molecular formula is C43H75NO8P+. The van der Waals surface area contributed by atoms with Gasteiger partial charge in [-0.3, -0.25) is 18.6 Å². The van der Waals surface area contributed by atoms with Crippen molar-refractivity contribution in [3.8, 4) is 0 Å². The molecule has 0 aliphatic carbocycles. The first-order chi connectivity index (χ1) is 25.5. The highest BCUT2D eigenvalue weighted by Crippen LogP contribution is 2.43. The van der Waals surface area contributed by atoms with Gasteiger partial charge in [-0.1, -0.05) is 145 Å². The highest BCUT2D eigenvalue weighted by atomic mass is 31.2. The van der Waals surface area contributed by atoms with Crippen molar-refractivity contribution in [2.75, 3.05) is 47.5 Å². The number of unbranched alkanes of at least 4 members (excludes halogenated alkanes) is 9. The number of nitrogens with zero attached hydrogens (tertiary/aromatic N) is 1. The maximum Gasteiger partial charge on any atom is 0.472 e. The molecule has 0 saturated heterocycles. The summed E-state index contributed by atoms with van der Waals surface area (Å²) in [5.74, 6) is -0.905. The summed E-state index contributed by atoms with van der Waals surface area (Å²) in [6.45, 7) is 4.18. The van der Waals surface area contributed by atoms with Crippen LogP contribution in [0.1, 0.15) is 136 Å². The molecule has 0 aromatic rings. The van der Waals surface area contributed by atoms with E-state index in [-0.39, 0.29) is 26.1 Å². The van der Waals surface area contributed by atoms with Gasteiger partial charge in [-0.15, -0.1) is 0 Å². The largest absolute Gasteiger partial charge is 0.472 e. The van der Waals surface area contributed by atoms with Gasteiger partial charge in [-0.2, -0.15) is 0 Å². The van der Waals surface area contributed by atoms with E-state index in [1.165, 1.54) is 38.5 Å². The molecule has 53 heavy (non-hydrogen) atoms. The number of carbonyl (C=O) groups excluding carboxylic acids is 2. The molecule has 0 spiro atoms. The van der Waals surface area contributed by atoms with Crippen LogP contribution in [0, 0.1) is 0 Å². The normalized spacial score (nSPS) is 14.5. The first-order valence-electron chi connectivity index (χ1n) is 20.2. The molecule has 0 aromatic heterocycles. The third kappa shape index (κ3) is 39.0. The first-order valence-corrected chi connectivity index (χ1v) is 21.7. The van der Waals surface area contributed by atoms with E-state index in [1.54, 1.807) is 0 Å². The van der Waals surface area contributed by atoms with E-state index >= 15 is 0 Å². The number of quaternary nitrogens is 1. The lowest BCUT2D eigenvalue weighted by Crippen LogP contribution is -2.37. The van der Waals surface area contributed by atoms with E-state index in [0.717, 1.165) is 57.8 Å². The standard InChI is InChI=1S/C43H74NO8P/c1-6-8-10-12-14-16-18-19-20-21-22-23-24-25-26-28-29-31-33-35-42(45)49-39-41(40-51-53(47,48)50-38-37-44(3,4)5)52-43(46)36-34-32-30-27-17-15-13-11-9-7-2/h8,10,14,16,19-20,22-23,25-26,29,31,41H,6-7,9,11-13,15,17-18,21,24,27-28,30,32-40H2,1-5H3/p+1/b10-8+,16-14+,20-19+,23-22+,26-25+,31-29+/t41-/m0/s1. The van der Waals surface area contributed by atoms with E-state index in [9.17, 15) is 19.0 Å². The summed E-state index contributed by atoms with van der Waals surface area (Å²) in [4.78, 5) is 35.2. The molecule has 2 atom stereocenters. The number of allylic oxidation sites excluding steroid dienone is 12. The van der Waals surface area contributed by atoms with E-state index < -0.39 is 32.5 Å². The number of phosphoric acid groups is 1. The Morgan fingerprint density at radius 2 is 1.08 bits per heavy atom. The third-order valence-corrected chi connectivity index (χ3v) is 9.00. The number of likely N-dealkylation sites (N-methyl/N-ethyl adjacent to an activating group) is 1. The molecule has 0 saturated carbocycles. The maximum atomic E-state index is 12.6. The van der Waals surface area contributed by atoms with Crippen LogP contribution in [0.2, 0.25) is 0 Å². The van der Waals surface area contributed by atoms with Crippen molar-refractivity contribution in [2.24, 2.45) is 0 Å². The Labute approximate surface area is 323 Å². The molecule has 0 aliphatic rings. The number of carbonyl (C=O) groups is 2. The Balaban J connectivity index is 4.51. The summed E-state index contributed by atoms with van der Waals surface area (Å²) in [5, 5.41) is 0. The van der Waals surface area contributed by atoms with Crippen LogP contribution in [0.3, 0.4) is 0 Å². The molecule has 0 rings (SSSR count). The number of ether oxygens (including phenoxy) is 2. The van der Waals surface area contributed by atoms with Gasteiger partial charge in [0, 0.05) is 12.8 Å². The first kappa shape index (κ1) is 50.5. The molecule has 0 amide bonds. The Morgan fingerprint density at radius 1 is 0.604 bits per heavy atom. The molecule has 9 nitrogen and oxygen atoms in total. The van der Waals surface area contributed by atoms with Gasteiger partial charge >= 0.3 is 19.8 Å². The van der Waals surface area contributed by atoms with Gasteiger partial charge in [0.1, 0.15) is 19.8 Å². The van der Waals surface area contributed by atoms with Crippen molar-refractivity contribution in [1.82, 2.24) is 0 Å². The van der Waals surface area contributed by atoms with Crippen LogP contribution in [0.15, 0.2) is 72.9 Å². The smallest absolute Gasteiger partial charge is 0.462 e. The van der Waals surface area contributed by atoms with Crippen LogP contribution in [0.25, 0.3) is 0 Å². The number of rotatable bonds is 35. The van der Waals surface area contributed by atoms with Gasteiger partial charge in [-0.25, -0.2) is 4.57 Å². The topological polar surface area (TPSA) is 108 Å². The third-order valence-electron chi connectivity index (χ3n) is 8.01. The van der Waals surface area contributed by atoms with Crippen LogP contribution in [0.4, 0.5) is 0 Å². The van der Waals surface area contributed by atoms with Crippen LogP contribution >= 0.6 is 7.82 Å². The van der Waals surface area contributed by atoms with Crippen molar-refractivity contribution >= 4 is 19.8 Å². The molecule has 0 bridgehead atoms. The van der Waals surface area contributed by atoms with Gasteiger partial charge in [0.2, 0.25) is 0 Å². The summed E-state index contributed by atoms with van der Waals surface area (Å²) in [6.07, 6.45) is 42.6. The second kappa shape index (κ2) is 35.2. The summed E-state index contributed by atoms with van der Waals surface area (Å²) < 4.78 is 34.1. The number of hydrogen-bond acceptors (Lipinski definition) is 7. The minimum atomic E-state index is -4.39. The zero-order valence-corrected chi connectivity index (χ0v) is 34.9. The fourth-order valence-electron chi connectivity index (χ4n) is 4.86. The molecule has 10 heteroatoms. The molecule has 0 radical (unpaired) electrons. The van der Waals surface area contributed by atoms with E-state index in [0.29, 0.717) is 23.9 Å². The second-order valence-electron chi connectivity index (χ2n) is 14.3. The van der Waals surface area contributed by atoms with Gasteiger partial charge in [0.05, 0.1) is 27.7 Å². The number of esters is 2. The fourth-order valence-corrected chi connectivity index (χ4v) is 5.60. The maximum absolute atomic E-state index is 12.6. The quantitative estimate of drug-likeness (QED) is 0.0223. The molecule has 1 unspecified atom stereocenters. The Kier molecular flexibility index (Phi) is 33.5. The molecule has 0 aliphatic heterocycles. The minimum absolute atomic E-state index is 0.0179. The van der Waals surface area contributed by atoms with Gasteiger partial charge in [0.15, 0.2) is 6.10 Å². The average molecular weight is 765 g/mol. The van der Waals surface area contributed by atoms with Crippen LogP contribution in [0.5, 0.6) is 0 Å². The zero-order valence-electron chi connectivity index (χ0n) is 34.0. The van der Waals surface area contributed by atoms with Crippen LogP contribution in [-0.2, 0) is 32.7 Å². The highest BCUT2D eigenvalue weighted by Gasteiger charge is 2.27. The van der Waals surface area contributed by atoms with Crippen molar-refractivity contribution in [1.29, 1.82) is 0 Å². The van der Waals surface area contributed by atoms with Crippen LogP contribution < -0.4 is 0 Å². The summed E-state index contributed by atoms with van der Waals surface area (Å²) in [5.41, 5.74) is 0. The number of phosphoric ester groups is 1. The minimum Gasteiger partial charge on any atom is -0.462 e. The molecule has 304 valence electrons.